The summed E-state index contributed by atoms with van der Waals surface area (Å²) in [6, 6.07) is 0. The Hall–Kier alpha value is -0.770. The van der Waals surface area contributed by atoms with Crippen molar-refractivity contribution < 1.29 is 14.3 Å². The quantitative estimate of drug-likeness (QED) is 0.730. The second-order valence-electron chi connectivity index (χ2n) is 7.09. The summed E-state index contributed by atoms with van der Waals surface area (Å²) in [5, 5.41) is 2.76. The Morgan fingerprint density at radius 2 is 1.80 bits per heavy atom. The molecule has 4 nitrogen and oxygen atoms in total. The van der Waals surface area contributed by atoms with Gasteiger partial charge in [0.25, 0.3) is 0 Å². The average Bonchev–Trinajstić information content (AvgIpc) is 2.25. The predicted octanol–water partition coefficient (Wildman–Crippen LogP) is 4.13. The number of amides is 1. The van der Waals surface area contributed by atoms with Gasteiger partial charge in [-0.15, -0.1) is 0 Å². The summed E-state index contributed by atoms with van der Waals surface area (Å²) in [5.41, 5.74) is -0.672. The van der Waals surface area contributed by atoms with Gasteiger partial charge in [0.1, 0.15) is 5.60 Å². The SMILES string of the molecule is CCC(C)CCOC(C)(C)CCNC(=O)OC(C)(C)C. The van der Waals surface area contributed by atoms with Gasteiger partial charge in [0, 0.05) is 13.2 Å². The van der Waals surface area contributed by atoms with E-state index in [1.54, 1.807) is 0 Å². The Balaban J connectivity index is 3.84. The average molecular weight is 287 g/mol. The van der Waals surface area contributed by atoms with E-state index in [0.29, 0.717) is 12.5 Å². The molecule has 20 heavy (non-hydrogen) atoms. The number of hydrogen-bond donors (Lipinski definition) is 1. The highest BCUT2D eigenvalue weighted by molar-refractivity contribution is 5.67. The third-order valence-electron chi connectivity index (χ3n) is 3.20. The molecular weight excluding hydrogens is 254 g/mol. The molecule has 0 bridgehead atoms. The fourth-order valence-corrected chi connectivity index (χ4v) is 1.59. The van der Waals surface area contributed by atoms with Crippen LogP contribution in [0, 0.1) is 5.92 Å². The molecule has 0 aliphatic heterocycles. The fraction of sp³-hybridized carbons (Fsp3) is 0.938. The summed E-state index contributed by atoms with van der Waals surface area (Å²) in [6.07, 6.45) is 2.67. The first kappa shape index (κ1) is 19.2. The lowest BCUT2D eigenvalue weighted by Crippen LogP contribution is -2.36. The van der Waals surface area contributed by atoms with Crippen molar-refractivity contribution >= 4 is 6.09 Å². The largest absolute Gasteiger partial charge is 0.444 e. The molecule has 0 aromatic carbocycles. The highest BCUT2D eigenvalue weighted by Gasteiger charge is 2.20. The van der Waals surface area contributed by atoms with E-state index in [4.69, 9.17) is 9.47 Å². The van der Waals surface area contributed by atoms with Crippen LogP contribution in [0.3, 0.4) is 0 Å². The minimum atomic E-state index is -0.452. The molecule has 1 atom stereocenters. The highest BCUT2D eigenvalue weighted by Crippen LogP contribution is 2.16. The Morgan fingerprint density at radius 3 is 2.30 bits per heavy atom. The van der Waals surface area contributed by atoms with Gasteiger partial charge < -0.3 is 14.8 Å². The second-order valence-corrected chi connectivity index (χ2v) is 7.09. The Bertz CT molecular complexity index is 282. The number of rotatable bonds is 8. The topological polar surface area (TPSA) is 47.6 Å². The van der Waals surface area contributed by atoms with Gasteiger partial charge >= 0.3 is 6.09 Å². The maximum Gasteiger partial charge on any atom is 0.407 e. The van der Waals surface area contributed by atoms with Crippen molar-refractivity contribution in [2.24, 2.45) is 5.92 Å². The van der Waals surface area contributed by atoms with Crippen LogP contribution < -0.4 is 5.32 Å². The zero-order valence-corrected chi connectivity index (χ0v) is 14.3. The highest BCUT2D eigenvalue weighted by atomic mass is 16.6. The van der Waals surface area contributed by atoms with Crippen LogP contribution in [0.1, 0.15) is 67.7 Å². The smallest absolute Gasteiger partial charge is 0.407 e. The van der Waals surface area contributed by atoms with E-state index in [0.717, 1.165) is 19.4 Å². The van der Waals surface area contributed by atoms with E-state index in [2.05, 4.69) is 33.0 Å². The first-order valence-corrected chi connectivity index (χ1v) is 7.66. The summed E-state index contributed by atoms with van der Waals surface area (Å²) < 4.78 is 11.1. The summed E-state index contributed by atoms with van der Waals surface area (Å²) in [7, 11) is 0. The van der Waals surface area contributed by atoms with E-state index in [1.165, 1.54) is 6.42 Å². The summed E-state index contributed by atoms with van der Waals surface area (Å²) in [4.78, 5) is 11.5. The first-order chi connectivity index (χ1) is 9.06. The van der Waals surface area contributed by atoms with Crippen LogP contribution in [0.5, 0.6) is 0 Å². The molecule has 0 heterocycles. The van der Waals surface area contributed by atoms with Gasteiger partial charge in [-0.1, -0.05) is 20.3 Å². The molecule has 0 saturated heterocycles. The molecule has 0 aromatic rings. The molecule has 0 aromatic heterocycles. The lowest BCUT2D eigenvalue weighted by atomic mass is 10.0. The third-order valence-corrected chi connectivity index (χ3v) is 3.20. The molecule has 0 aliphatic carbocycles. The number of carbonyl (C=O) groups is 1. The van der Waals surface area contributed by atoms with Gasteiger partial charge in [-0.3, -0.25) is 0 Å². The normalized spacial score (nSPS) is 13.9. The lowest BCUT2D eigenvalue weighted by molar-refractivity contribution is -0.0283. The van der Waals surface area contributed by atoms with Crippen molar-refractivity contribution in [2.45, 2.75) is 78.9 Å². The van der Waals surface area contributed by atoms with Gasteiger partial charge in [-0.2, -0.15) is 0 Å². The van der Waals surface area contributed by atoms with E-state index >= 15 is 0 Å². The fourth-order valence-electron chi connectivity index (χ4n) is 1.59. The van der Waals surface area contributed by atoms with Crippen molar-refractivity contribution in [3.63, 3.8) is 0 Å². The number of ether oxygens (including phenoxy) is 2. The minimum absolute atomic E-state index is 0.220. The molecule has 1 amide bonds. The van der Waals surface area contributed by atoms with E-state index in [9.17, 15) is 4.79 Å². The molecule has 0 saturated carbocycles. The van der Waals surface area contributed by atoms with Gasteiger partial charge in [0.05, 0.1) is 5.60 Å². The van der Waals surface area contributed by atoms with Gasteiger partial charge in [-0.05, 0) is 53.4 Å². The molecule has 4 heteroatoms. The van der Waals surface area contributed by atoms with Crippen LogP contribution in [0.15, 0.2) is 0 Å². The molecule has 0 radical (unpaired) electrons. The predicted molar refractivity (Wildman–Crippen MR) is 83.0 cm³/mol. The third kappa shape index (κ3) is 11.1. The van der Waals surface area contributed by atoms with E-state index < -0.39 is 5.60 Å². The maximum absolute atomic E-state index is 11.5. The van der Waals surface area contributed by atoms with Crippen molar-refractivity contribution in [1.82, 2.24) is 5.32 Å². The first-order valence-electron chi connectivity index (χ1n) is 7.66. The maximum atomic E-state index is 11.5. The van der Waals surface area contributed by atoms with Gasteiger partial charge in [0.2, 0.25) is 0 Å². The second kappa shape index (κ2) is 8.50. The minimum Gasteiger partial charge on any atom is -0.444 e. The van der Waals surface area contributed by atoms with Crippen molar-refractivity contribution in [2.75, 3.05) is 13.2 Å². The van der Waals surface area contributed by atoms with E-state index in [1.807, 2.05) is 20.8 Å². The molecule has 1 unspecified atom stereocenters. The molecular formula is C16H33NO3. The number of carbonyl (C=O) groups excluding carboxylic acids is 1. The molecule has 0 fully saturated rings. The Labute approximate surface area is 124 Å². The van der Waals surface area contributed by atoms with Gasteiger partial charge in [-0.25, -0.2) is 4.79 Å². The lowest BCUT2D eigenvalue weighted by Gasteiger charge is -2.26. The van der Waals surface area contributed by atoms with Crippen molar-refractivity contribution in [1.29, 1.82) is 0 Å². The monoisotopic (exact) mass is 287 g/mol. The van der Waals surface area contributed by atoms with Crippen LogP contribution in [-0.4, -0.2) is 30.4 Å². The zero-order chi connectivity index (χ0) is 15.8. The summed E-state index contributed by atoms with van der Waals surface area (Å²) >= 11 is 0. The van der Waals surface area contributed by atoms with Crippen LogP contribution in [0.25, 0.3) is 0 Å². The number of nitrogens with one attached hydrogen (secondary N) is 1. The Kier molecular flexibility index (Phi) is 8.17. The van der Waals surface area contributed by atoms with Crippen LogP contribution in [-0.2, 0) is 9.47 Å². The summed E-state index contributed by atoms with van der Waals surface area (Å²) in [5.74, 6) is 0.700. The molecule has 0 spiro atoms. The summed E-state index contributed by atoms with van der Waals surface area (Å²) in [6.45, 7) is 15.4. The standard InChI is InChI=1S/C16H33NO3/c1-8-13(2)9-12-19-16(6,7)10-11-17-14(18)20-15(3,4)5/h13H,8-12H2,1-7H3,(H,17,18). The van der Waals surface area contributed by atoms with Gasteiger partial charge in [0.15, 0.2) is 0 Å². The number of hydrogen-bond acceptors (Lipinski definition) is 3. The molecule has 0 rings (SSSR count). The van der Waals surface area contributed by atoms with Crippen LogP contribution in [0.2, 0.25) is 0 Å². The van der Waals surface area contributed by atoms with Crippen molar-refractivity contribution in [3.05, 3.63) is 0 Å². The van der Waals surface area contributed by atoms with Crippen LogP contribution in [0.4, 0.5) is 4.79 Å². The molecule has 0 aliphatic rings. The van der Waals surface area contributed by atoms with Crippen LogP contribution >= 0.6 is 0 Å². The number of alkyl carbamates (subject to hydrolysis) is 1. The Morgan fingerprint density at radius 1 is 1.20 bits per heavy atom. The van der Waals surface area contributed by atoms with Crippen molar-refractivity contribution in [3.8, 4) is 0 Å². The molecule has 120 valence electrons. The zero-order valence-electron chi connectivity index (χ0n) is 14.3. The van der Waals surface area contributed by atoms with E-state index in [-0.39, 0.29) is 11.7 Å². The molecule has 1 N–H and O–H groups in total.